The zero-order valence-corrected chi connectivity index (χ0v) is 10.4. The minimum atomic E-state index is -0.292. The lowest BCUT2D eigenvalue weighted by molar-refractivity contribution is -0.130. The van der Waals surface area contributed by atoms with E-state index >= 15 is 0 Å². The first-order valence-corrected chi connectivity index (χ1v) is 5.81. The van der Waals surface area contributed by atoms with Gasteiger partial charge in [-0.25, -0.2) is 4.98 Å². The maximum atomic E-state index is 11.3. The average Bonchev–Trinajstić information content (AvgIpc) is 2.37. The van der Waals surface area contributed by atoms with Crippen LogP contribution < -0.4 is 15.5 Å². The number of piperazine rings is 1. The van der Waals surface area contributed by atoms with Gasteiger partial charge in [0, 0.05) is 12.2 Å². The van der Waals surface area contributed by atoms with Crippen LogP contribution >= 0.6 is 0 Å². The number of hydrogen-bond acceptors (Lipinski definition) is 5. The molecule has 2 amide bonds. The van der Waals surface area contributed by atoms with Crippen molar-refractivity contribution < 1.29 is 9.59 Å². The number of nitrogens with one attached hydrogen (secondary N) is 2. The molecule has 2 rings (SSSR count). The number of hydrogen-bond donors (Lipinski definition) is 2. The first-order chi connectivity index (χ1) is 8.60. The summed E-state index contributed by atoms with van der Waals surface area (Å²) < 4.78 is 0. The van der Waals surface area contributed by atoms with E-state index in [1.54, 1.807) is 11.1 Å². The molecule has 1 unspecified atom stereocenters. The second-order valence-electron chi connectivity index (χ2n) is 4.29. The summed E-state index contributed by atoms with van der Waals surface area (Å²) in [6.45, 7) is 2.36. The Morgan fingerprint density at radius 2 is 2.06 bits per heavy atom. The summed E-state index contributed by atoms with van der Waals surface area (Å²) in [5.41, 5.74) is 1.07. The highest BCUT2D eigenvalue weighted by atomic mass is 16.2. The normalized spacial score (nSPS) is 17.6. The molecule has 0 spiro atoms. The summed E-state index contributed by atoms with van der Waals surface area (Å²) in [7, 11) is 1.88. The summed E-state index contributed by atoms with van der Waals surface area (Å²) in [5, 5.41) is 5.40. The van der Waals surface area contributed by atoms with Gasteiger partial charge in [0.25, 0.3) is 0 Å². The smallest absolute Gasteiger partial charge is 0.246 e. The molecule has 1 aliphatic rings. The number of carbonyl (C=O) groups is 2. The molecule has 2 N–H and O–H groups in total. The van der Waals surface area contributed by atoms with E-state index in [1.165, 1.54) is 0 Å². The molecule has 6 heteroatoms. The van der Waals surface area contributed by atoms with Crippen molar-refractivity contribution in [2.24, 2.45) is 0 Å². The standard InChI is InChI=1S/C12H16N4O2/c1-8(13-2)9-3-4-14-10(5-9)16-6-11(17)15-12(18)7-16/h3-5,8,13H,6-7H2,1-2H3,(H,15,17,18). The van der Waals surface area contributed by atoms with Crippen LogP contribution in [0.15, 0.2) is 18.3 Å². The minimum Gasteiger partial charge on any atom is -0.338 e. The van der Waals surface area contributed by atoms with Crippen LogP contribution in [-0.2, 0) is 9.59 Å². The third-order valence-electron chi connectivity index (χ3n) is 2.97. The van der Waals surface area contributed by atoms with Gasteiger partial charge in [-0.1, -0.05) is 0 Å². The summed E-state index contributed by atoms with van der Waals surface area (Å²) >= 11 is 0. The Morgan fingerprint density at radius 1 is 1.39 bits per heavy atom. The van der Waals surface area contributed by atoms with Crippen molar-refractivity contribution in [3.63, 3.8) is 0 Å². The fourth-order valence-corrected chi connectivity index (χ4v) is 1.84. The number of rotatable bonds is 3. The fraction of sp³-hybridized carbons (Fsp3) is 0.417. The Bertz CT molecular complexity index is 459. The predicted molar refractivity (Wildman–Crippen MR) is 67.1 cm³/mol. The highest BCUT2D eigenvalue weighted by Crippen LogP contribution is 2.18. The molecule has 1 fully saturated rings. The molecule has 0 radical (unpaired) electrons. The lowest BCUT2D eigenvalue weighted by atomic mass is 10.1. The monoisotopic (exact) mass is 248 g/mol. The number of imide groups is 1. The van der Waals surface area contributed by atoms with Gasteiger partial charge in [0.2, 0.25) is 11.8 Å². The Labute approximate surface area is 105 Å². The van der Waals surface area contributed by atoms with Crippen LogP contribution in [0.1, 0.15) is 18.5 Å². The molecule has 0 aromatic carbocycles. The number of aromatic nitrogens is 1. The van der Waals surface area contributed by atoms with E-state index in [9.17, 15) is 9.59 Å². The molecule has 96 valence electrons. The first kappa shape index (κ1) is 12.5. The second kappa shape index (κ2) is 5.14. The molecule has 2 heterocycles. The van der Waals surface area contributed by atoms with E-state index in [0.717, 1.165) is 5.56 Å². The van der Waals surface area contributed by atoms with Gasteiger partial charge >= 0.3 is 0 Å². The molecule has 0 aliphatic carbocycles. The van der Waals surface area contributed by atoms with Crippen LogP contribution in [0.4, 0.5) is 5.82 Å². The van der Waals surface area contributed by atoms with Crippen LogP contribution in [0.2, 0.25) is 0 Å². The number of amides is 2. The van der Waals surface area contributed by atoms with Crippen molar-refractivity contribution in [2.75, 3.05) is 25.0 Å². The van der Waals surface area contributed by atoms with E-state index in [-0.39, 0.29) is 30.9 Å². The summed E-state index contributed by atoms with van der Waals surface area (Å²) in [5.74, 6) is 0.0676. The van der Waals surface area contributed by atoms with Crippen LogP contribution in [0.3, 0.4) is 0 Å². The van der Waals surface area contributed by atoms with Crippen LogP contribution in [0.5, 0.6) is 0 Å². The highest BCUT2D eigenvalue weighted by molar-refractivity contribution is 6.02. The SMILES string of the molecule is CNC(C)c1ccnc(N2CC(=O)NC(=O)C2)c1. The van der Waals surface area contributed by atoms with E-state index < -0.39 is 0 Å². The number of carbonyl (C=O) groups excluding carboxylic acids is 2. The topological polar surface area (TPSA) is 74.3 Å². The Balaban J connectivity index is 2.22. The number of anilines is 1. The molecule has 1 aromatic heterocycles. The third kappa shape index (κ3) is 2.65. The highest BCUT2D eigenvalue weighted by Gasteiger charge is 2.23. The maximum Gasteiger partial charge on any atom is 0.246 e. The van der Waals surface area contributed by atoms with Crippen molar-refractivity contribution in [3.05, 3.63) is 23.9 Å². The number of nitrogens with zero attached hydrogens (tertiary/aromatic N) is 2. The van der Waals surface area contributed by atoms with E-state index in [2.05, 4.69) is 15.6 Å². The fourth-order valence-electron chi connectivity index (χ4n) is 1.84. The average molecular weight is 248 g/mol. The number of pyridine rings is 1. The first-order valence-electron chi connectivity index (χ1n) is 5.81. The van der Waals surface area contributed by atoms with Crippen molar-refractivity contribution in [1.82, 2.24) is 15.6 Å². The summed E-state index contributed by atoms with van der Waals surface area (Å²) in [4.78, 5) is 28.5. The van der Waals surface area contributed by atoms with E-state index in [1.807, 2.05) is 26.1 Å². The Hall–Kier alpha value is -1.95. The third-order valence-corrected chi connectivity index (χ3v) is 2.97. The van der Waals surface area contributed by atoms with Gasteiger partial charge in [-0.3, -0.25) is 14.9 Å². The van der Waals surface area contributed by atoms with Crippen molar-refractivity contribution in [1.29, 1.82) is 0 Å². The molecule has 0 saturated carbocycles. The Kier molecular flexibility index (Phi) is 3.57. The molecule has 0 bridgehead atoms. The summed E-state index contributed by atoms with van der Waals surface area (Å²) in [6.07, 6.45) is 1.69. The lowest BCUT2D eigenvalue weighted by Crippen LogP contribution is -2.51. The second-order valence-corrected chi connectivity index (χ2v) is 4.29. The summed E-state index contributed by atoms with van der Waals surface area (Å²) in [6, 6.07) is 4.00. The quantitative estimate of drug-likeness (QED) is 0.726. The molecule has 18 heavy (non-hydrogen) atoms. The molecule has 1 aromatic rings. The lowest BCUT2D eigenvalue weighted by Gasteiger charge is -2.27. The molecule has 6 nitrogen and oxygen atoms in total. The zero-order valence-electron chi connectivity index (χ0n) is 10.4. The van der Waals surface area contributed by atoms with Crippen LogP contribution in [-0.4, -0.2) is 36.9 Å². The largest absolute Gasteiger partial charge is 0.338 e. The van der Waals surface area contributed by atoms with E-state index in [0.29, 0.717) is 5.82 Å². The van der Waals surface area contributed by atoms with Gasteiger partial charge in [0.15, 0.2) is 0 Å². The minimum absolute atomic E-state index is 0.163. The van der Waals surface area contributed by atoms with Crippen LogP contribution in [0, 0.1) is 0 Å². The van der Waals surface area contributed by atoms with Crippen molar-refractivity contribution in [2.45, 2.75) is 13.0 Å². The molecular weight excluding hydrogens is 232 g/mol. The van der Waals surface area contributed by atoms with Gasteiger partial charge in [-0.2, -0.15) is 0 Å². The van der Waals surface area contributed by atoms with Crippen molar-refractivity contribution >= 4 is 17.6 Å². The van der Waals surface area contributed by atoms with Gasteiger partial charge in [0.05, 0.1) is 13.1 Å². The predicted octanol–water partition coefficient (Wildman–Crippen LogP) is -0.175. The van der Waals surface area contributed by atoms with Crippen LogP contribution in [0.25, 0.3) is 0 Å². The maximum absolute atomic E-state index is 11.3. The van der Waals surface area contributed by atoms with Gasteiger partial charge < -0.3 is 10.2 Å². The van der Waals surface area contributed by atoms with Crippen molar-refractivity contribution in [3.8, 4) is 0 Å². The molecular formula is C12H16N4O2. The van der Waals surface area contributed by atoms with Gasteiger partial charge in [0.1, 0.15) is 5.82 Å². The van der Waals surface area contributed by atoms with Gasteiger partial charge in [-0.15, -0.1) is 0 Å². The van der Waals surface area contributed by atoms with Gasteiger partial charge in [-0.05, 0) is 31.7 Å². The molecule has 1 saturated heterocycles. The molecule has 1 aliphatic heterocycles. The molecule has 1 atom stereocenters. The van der Waals surface area contributed by atoms with E-state index in [4.69, 9.17) is 0 Å². The zero-order chi connectivity index (χ0) is 13.1. The Morgan fingerprint density at radius 3 is 2.67 bits per heavy atom.